The summed E-state index contributed by atoms with van der Waals surface area (Å²) < 4.78 is 5.15. The van der Waals surface area contributed by atoms with Crippen LogP contribution in [0.3, 0.4) is 0 Å². The largest absolute Gasteiger partial charge is 0.464 e. The number of carbonyl (C=O) groups is 8. The molecule has 0 rings (SSSR count). The number of ketones is 4. The molecule has 102 heavy (non-hydrogen) atoms. The molecule has 3 amide bonds. The van der Waals surface area contributed by atoms with E-state index in [2.05, 4.69) is 156 Å². The van der Waals surface area contributed by atoms with Crippen molar-refractivity contribution in [3.05, 3.63) is 0 Å². The second-order valence-corrected chi connectivity index (χ2v) is 33.7. The van der Waals surface area contributed by atoms with E-state index < -0.39 is 0 Å². The summed E-state index contributed by atoms with van der Waals surface area (Å²) in [5, 5.41) is 0. The minimum atomic E-state index is -0.336. The van der Waals surface area contributed by atoms with Crippen molar-refractivity contribution in [2.24, 2.45) is 53.3 Å². The monoisotopic (exact) mass is 1460 g/mol. The Morgan fingerprint density at radius 2 is 0.686 bits per heavy atom. The highest BCUT2D eigenvalue weighted by Gasteiger charge is 2.27. The maximum atomic E-state index is 11.8. The molecule has 19 heteroatoms. The zero-order valence-corrected chi connectivity index (χ0v) is 74.7. The van der Waals surface area contributed by atoms with E-state index >= 15 is 0 Å². The van der Waals surface area contributed by atoms with Gasteiger partial charge in [0.15, 0.2) is 11.6 Å². The van der Waals surface area contributed by atoms with Gasteiger partial charge in [-0.3, -0.25) is 63.3 Å². The fraction of sp³-hybridized carbons (Fsp3) is 0.904. The molecule has 0 aromatic heterocycles. The third kappa shape index (κ3) is 59.4. The fourth-order valence-electron chi connectivity index (χ4n) is 9.84. The van der Waals surface area contributed by atoms with Crippen LogP contribution in [0.1, 0.15) is 315 Å². The van der Waals surface area contributed by atoms with Gasteiger partial charge in [0.25, 0.3) is 0 Å². The molecule has 610 valence electrons. The summed E-state index contributed by atoms with van der Waals surface area (Å²) in [6.45, 7) is 86.8. The Hall–Kier alpha value is -3.72. The van der Waals surface area contributed by atoms with E-state index in [9.17, 15) is 38.4 Å². The number of hydrogen-bond donors (Lipinski definition) is 3. The first-order valence-corrected chi connectivity index (χ1v) is 39.7. The Bertz CT molecular complexity index is 2020. The average molecular weight is 1460 g/mol. The fourth-order valence-corrected chi connectivity index (χ4v) is 9.84. The van der Waals surface area contributed by atoms with Crippen molar-refractivity contribution in [1.29, 1.82) is 0 Å². The van der Waals surface area contributed by atoms with Gasteiger partial charge in [0.2, 0.25) is 17.7 Å². The number of Topliss-reactive ketones (excluding diaryl/α,β-unsaturated/α-hetero) is 4. The number of carbonyl (C=O) groups excluding carboxylic acids is 8. The highest BCUT2D eigenvalue weighted by atomic mass is 16.7. The van der Waals surface area contributed by atoms with Crippen molar-refractivity contribution in [1.82, 2.24) is 45.7 Å². The van der Waals surface area contributed by atoms with Crippen LogP contribution in [-0.2, 0) is 47.9 Å². The summed E-state index contributed by atoms with van der Waals surface area (Å²) in [4.78, 5) is 110. The van der Waals surface area contributed by atoms with Crippen molar-refractivity contribution in [3.63, 3.8) is 0 Å². The first kappa shape index (κ1) is 112. The maximum Gasteiger partial charge on any atom is 0.308 e. The molecule has 3 N–H and O–H groups in total. The summed E-state index contributed by atoms with van der Waals surface area (Å²) in [7, 11) is 3.60. The molecule has 0 fully saturated rings. The molecule has 0 aliphatic heterocycles. The number of nitrogens with one attached hydrogen (secondary N) is 3. The molecule has 0 aliphatic rings. The van der Waals surface area contributed by atoms with Crippen molar-refractivity contribution >= 4 is 46.8 Å². The summed E-state index contributed by atoms with van der Waals surface area (Å²) in [5.74, 6) is 2.80. The SMILES string of the molecule is CC(C)C(=O)CCCC(=O)C(C)C.CC(C)C(=O)OCCN(C(C)C)C(C)C.CC(C)CN(C(=O)C(C)C)C(C)C.CC(C)N(C)C(=O)CCCC(=O)N(C)C(C)C.CC(C)N(CCN(C(C)C)C(C)C)C(C)C.CC(C)NNC(C(=O)C(C)C)C(C)C.CC(C)NOC(C(=O)C(C)C)C(C)C. The van der Waals surface area contributed by atoms with E-state index in [0.29, 0.717) is 105 Å². The standard InChI is InChI=1S/C14H32N2.C13H26N2O2.C12H25NO2.C11H24N2O.C11H23NO2.C11H23NO.C11H20O2/c1-11(2)15(12(3)4)9-10-16(13(5)6)14(7)8;1-10(2)14(5)12(16)8-7-9-13(17)15(6)11(3)4;1-9(2)12(14)15-8-7-13(10(3)4)11(5)6;1-7(2)10(11(14)8(3)4)13-12-9(5)6;1-7(2)10(13)11(8(3)4)14-12-9(5)6;1-8(2)7-12(10(5)6)11(13)9(3)4;1-8(2)10(12)6-5-7-11(13)9(3)4/h11-14H,9-10H2,1-8H3;10-11H,7-9H2,1-6H3;9-11H,7-8H2,1-6H3;7-10,12-13H,1-6H3;7-9,11-12H,1-6H3;8-10H,7H2,1-6H3;8-9H,5-7H2,1-4H3. The zero-order chi connectivity index (χ0) is 82.1. The number of ether oxygens (including phenoxy) is 1. The lowest BCUT2D eigenvalue weighted by molar-refractivity contribution is -0.148. The van der Waals surface area contributed by atoms with Crippen LogP contribution in [0.5, 0.6) is 0 Å². The van der Waals surface area contributed by atoms with Crippen LogP contribution in [0.25, 0.3) is 0 Å². The summed E-state index contributed by atoms with van der Waals surface area (Å²) in [6, 6.07) is 4.78. The van der Waals surface area contributed by atoms with E-state index in [-0.39, 0.29) is 119 Å². The molecule has 0 saturated heterocycles. The smallest absolute Gasteiger partial charge is 0.308 e. The molecule has 0 spiro atoms. The molecule has 2 atom stereocenters. The van der Waals surface area contributed by atoms with Gasteiger partial charge in [-0.25, -0.2) is 5.43 Å². The minimum Gasteiger partial charge on any atom is -0.464 e. The van der Waals surface area contributed by atoms with Gasteiger partial charge in [-0.2, -0.15) is 5.48 Å². The van der Waals surface area contributed by atoms with E-state index in [1.54, 1.807) is 23.9 Å². The van der Waals surface area contributed by atoms with Crippen LogP contribution in [-0.4, -0.2) is 202 Å². The number of esters is 1. The van der Waals surface area contributed by atoms with Crippen molar-refractivity contribution in [3.8, 4) is 0 Å². The van der Waals surface area contributed by atoms with Gasteiger partial charge in [-0.05, 0) is 183 Å². The molecular weight excluding hydrogens is 1280 g/mol. The Labute approximate surface area is 631 Å². The van der Waals surface area contributed by atoms with Gasteiger partial charge in [0, 0.05) is 162 Å². The highest BCUT2D eigenvalue weighted by Crippen LogP contribution is 2.15. The molecule has 0 aromatic carbocycles. The van der Waals surface area contributed by atoms with Gasteiger partial charge in [-0.15, -0.1) is 0 Å². The maximum absolute atomic E-state index is 11.8. The Kier molecular flexibility index (Phi) is 68.2. The number of rotatable bonds is 41. The lowest BCUT2D eigenvalue weighted by Crippen LogP contribution is -2.51. The highest BCUT2D eigenvalue weighted by molar-refractivity contribution is 5.86. The van der Waals surface area contributed by atoms with Crippen LogP contribution in [0.4, 0.5) is 0 Å². The third-order valence-electron chi connectivity index (χ3n) is 16.8. The number of hydrazine groups is 1. The topological polar surface area (TPSA) is 211 Å². The van der Waals surface area contributed by atoms with Crippen LogP contribution >= 0.6 is 0 Å². The van der Waals surface area contributed by atoms with Gasteiger partial charge < -0.3 is 19.4 Å². The Balaban J connectivity index is -0.000000207. The van der Waals surface area contributed by atoms with Crippen molar-refractivity contribution < 1.29 is 47.9 Å². The molecule has 19 nitrogen and oxygen atoms in total. The molecule has 0 radical (unpaired) electrons. The normalized spacial score (nSPS) is 12.3. The third-order valence-corrected chi connectivity index (χ3v) is 16.8. The molecule has 0 aromatic rings. The number of hydrogen-bond acceptors (Lipinski definition) is 16. The molecule has 0 aliphatic carbocycles. The van der Waals surface area contributed by atoms with Gasteiger partial charge in [-0.1, -0.05) is 125 Å². The van der Waals surface area contributed by atoms with Crippen LogP contribution in [0.15, 0.2) is 0 Å². The minimum absolute atomic E-state index is 0.0244. The quantitative estimate of drug-likeness (QED) is 0.0384. The zero-order valence-electron chi connectivity index (χ0n) is 74.7. The van der Waals surface area contributed by atoms with Gasteiger partial charge >= 0.3 is 5.97 Å². The van der Waals surface area contributed by atoms with Gasteiger partial charge in [0.1, 0.15) is 24.3 Å². The molecule has 0 saturated carbocycles. The number of amides is 3. The summed E-state index contributed by atoms with van der Waals surface area (Å²) in [6.07, 6.45) is 3.02. The number of nitrogens with zero attached hydrogens (tertiary/aromatic N) is 6. The second kappa shape index (κ2) is 62.3. The molecule has 2 unspecified atom stereocenters. The first-order chi connectivity index (χ1) is 46.4. The van der Waals surface area contributed by atoms with Crippen LogP contribution < -0.4 is 16.3 Å². The lowest BCUT2D eigenvalue weighted by atomic mass is 9.94. The molecule has 0 bridgehead atoms. The lowest BCUT2D eigenvalue weighted by Gasteiger charge is -2.36. The van der Waals surface area contributed by atoms with E-state index in [1.165, 1.54) is 13.1 Å². The van der Waals surface area contributed by atoms with E-state index in [1.807, 2.05) is 157 Å². The average Bonchev–Trinajstić information content (AvgIpc) is 0.915. The van der Waals surface area contributed by atoms with E-state index in [4.69, 9.17) is 9.57 Å². The van der Waals surface area contributed by atoms with Crippen LogP contribution in [0.2, 0.25) is 0 Å². The van der Waals surface area contributed by atoms with E-state index in [0.717, 1.165) is 13.1 Å². The molecular formula is C83H173N9O10. The van der Waals surface area contributed by atoms with Gasteiger partial charge in [0.05, 0.1) is 12.0 Å². The van der Waals surface area contributed by atoms with Crippen molar-refractivity contribution in [2.45, 2.75) is 394 Å². The van der Waals surface area contributed by atoms with Crippen molar-refractivity contribution in [2.75, 3.05) is 46.9 Å². The summed E-state index contributed by atoms with van der Waals surface area (Å²) >= 11 is 0. The number of hydroxylamine groups is 1. The second-order valence-electron chi connectivity index (χ2n) is 33.7. The Morgan fingerprint density at radius 3 is 0.931 bits per heavy atom. The first-order valence-electron chi connectivity index (χ1n) is 39.7. The predicted octanol–water partition coefficient (Wildman–Crippen LogP) is 16.5. The van der Waals surface area contributed by atoms with Crippen LogP contribution in [0, 0.1) is 53.3 Å². The molecule has 0 heterocycles. The predicted molar refractivity (Wildman–Crippen MR) is 434 cm³/mol. The Morgan fingerprint density at radius 1 is 0.343 bits per heavy atom. The summed E-state index contributed by atoms with van der Waals surface area (Å²) in [5.41, 5.74) is 9.03.